The summed E-state index contributed by atoms with van der Waals surface area (Å²) in [5, 5.41) is 10.8. The van der Waals surface area contributed by atoms with E-state index in [1.165, 1.54) is 19.2 Å². The van der Waals surface area contributed by atoms with Crippen LogP contribution in [0, 0.1) is 0 Å². The van der Waals surface area contributed by atoms with Crippen molar-refractivity contribution in [2.45, 2.75) is 5.88 Å². The molecule has 0 saturated heterocycles. The van der Waals surface area contributed by atoms with Crippen LogP contribution in [0.3, 0.4) is 0 Å². The molecule has 0 aromatic heterocycles. The SMILES string of the molecule is COc1cc([O])ccc1CCl. The highest BCUT2D eigenvalue weighted by atomic mass is 35.5. The summed E-state index contributed by atoms with van der Waals surface area (Å²) in [5.41, 5.74) is 0.841. The largest absolute Gasteiger partial charge is 0.496 e. The first kappa shape index (κ1) is 8.21. The van der Waals surface area contributed by atoms with Crippen molar-refractivity contribution in [1.29, 1.82) is 0 Å². The lowest BCUT2D eigenvalue weighted by Gasteiger charge is -2.03. The van der Waals surface area contributed by atoms with Gasteiger partial charge in [-0.25, -0.2) is 0 Å². The second-order valence-corrected chi connectivity index (χ2v) is 2.37. The summed E-state index contributed by atoms with van der Waals surface area (Å²) in [5.74, 6) is 0.868. The van der Waals surface area contributed by atoms with Gasteiger partial charge in [0.15, 0.2) is 5.75 Å². The fourth-order valence-corrected chi connectivity index (χ4v) is 1.06. The number of hydrogen-bond donors (Lipinski definition) is 0. The van der Waals surface area contributed by atoms with E-state index in [1.807, 2.05) is 0 Å². The van der Waals surface area contributed by atoms with Crippen molar-refractivity contribution in [2.24, 2.45) is 0 Å². The Labute approximate surface area is 70.4 Å². The first-order valence-electron chi connectivity index (χ1n) is 3.18. The normalized spacial score (nSPS) is 9.64. The Morgan fingerprint density at radius 3 is 2.82 bits per heavy atom. The summed E-state index contributed by atoms with van der Waals surface area (Å²) in [6.07, 6.45) is 0. The molecule has 0 heterocycles. The fraction of sp³-hybridized carbons (Fsp3) is 0.250. The maximum absolute atomic E-state index is 10.8. The number of alkyl halides is 1. The highest BCUT2D eigenvalue weighted by Gasteiger charge is 2.02. The zero-order valence-electron chi connectivity index (χ0n) is 6.13. The Hall–Kier alpha value is -0.890. The van der Waals surface area contributed by atoms with Gasteiger partial charge in [0.1, 0.15) is 5.75 Å². The van der Waals surface area contributed by atoms with E-state index in [9.17, 15) is 5.11 Å². The Bertz CT molecular complexity index is 248. The van der Waals surface area contributed by atoms with Gasteiger partial charge in [0.25, 0.3) is 0 Å². The molecule has 3 heteroatoms. The van der Waals surface area contributed by atoms with E-state index in [-0.39, 0.29) is 5.75 Å². The summed E-state index contributed by atoms with van der Waals surface area (Å²) in [6.45, 7) is 0. The lowest BCUT2D eigenvalue weighted by atomic mass is 10.2. The zero-order chi connectivity index (χ0) is 8.27. The van der Waals surface area contributed by atoms with E-state index in [0.717, 1.165) is 5.56 Å². The highest BCUT2D eigenvalue weighted by molar-refractivity contribution is 6.17. The van der Waals surface area contributed by atoms with Crippen molar-refractivity contribution in [1.82, 2.24) is 0 Å². The van der Waals surface area contributed by atoms with Crippen LogP contribution in [0.5, 0.6) is 11.5 Å². The van der Waals surface area contributed by atoms with Gasteiger partial charge in [0.2, 0.25) is 0 Å². The van der Waals surface area contributed by atoms with E-state index in [4.69, 9.17) is 16.3 Å². The highest BCUT2D eigenvalue weighted by Crippen LogP contribution is 2.25. The number of rotatable bonds is 2. The van der Waals surface area contributed by atoms with Crippen LogP contribution in [-0.2, 0) is 11.0 Å². The van der Waals surface area contributed by atoms with Crippen molar-refractivity contribution in [2.75, 3.05) is 7.11 Å². The molecule has 0 amide bonds. The van der Waals surface area contributed by atoms with Crippen molar-refractivity contribution in [3.8, 4) is 11.5 Å². The van der Waals surface area contributed by atoms with Crippen LogP contribution >= 0.6 is 11.6 Å². The van der Waals surface area contributed by atoms with Gasteiger partial charge in [-0.1, -0.05) is 6.07 Å². The lowest BCUT2D eigenvalue weighted by molar-refractivity contribution is 0.348. The van der Waals surface area contributed by atoms with Crippen molar-refractivity contribution >= 4 is 11.6 Å². The average Bonchev–Trinajstić information content (AvgIpc) is 2.04. The standard InChI is InChI=1S/C8H8ClO2/c1-11-8-4-7(10)3-2-6(8)5-9/h2-4H,5H2,1H3. The van der Waals surface area contributed by atoms with Crippen LogP contribution in [0.2, 0.25) is 0 Å². The van der Waals surface area contributed by atoms with E-state index in [2.05, 4.69) is 0 Å². The molecule has 0 fully saturated rings. The molecular weight excluding hydrogens is 164 g/mol. The Morgan fingerprint density at radius 2 is 2.27 bits per heavy atom. The van der Waals surface area contributed by atoms with Gasteiger partial charge < -0.3 is 4.74 Å². The van der Waals surface area contributed by atoms with Gasteiger partial charge in [0.05, 0.1) is 13.0 Å². The Kier molecular flexibility index (Phi) is 2.60. The van der Waals surface area contributed by atoms with Gasteiger partial charge in [-0.2, -0.15) is 0 Å². The molecule has 59 valence electrons. The summed E-state index contributed by atoms with van der Waals surface area (Å²) < 4.78 is 4.93. The minimum absolute atomic E-state index is 0.0595. The Balaban J connectivity index is 3.06. The van der Waals surface area contributed by atoms with Gasteiger partial charge in [0, 0.05) is 11.6 Å². The molecule has 0 aliphatic rings. The molecule has 1 rings (SSSR count). The molecule has 0 N–H and O–H groups in total. The van der Waals surface area contributed by atoms with Crippen LogP contribution in [0.4, 0.5) is 0 Å². The van der Waals surface area contributed by atoms with Gasteiger partial charge in [-0.05, 0) is 6.07 Å². The van der Waals surface area contributed by atoms with Crippen LogP contribution in [0.25, 0.3) is 0 Å². The monoisotopic (exact) mass is 171 g/mol. The predicted molar refractivity (Wildman–Crippen MR) is 42.7 cm³/mol. The molecule has 0 spiro atoms. The van der Waals surface area contributed by atoms with Crippen LogP contribution in [0.15, 0.2) is 18.2 Å². The quantitative estimate of drug-likeness (QED) is 0.629. The third-order valence-electron chi connectivity index (χ3n) is 1.40. The molecule has 2 nitrogen and oxygen atoms in total. The maximum Gasteiger partial charge on any atom is 0.182 e. The molecule has 0 bridgehead atoms. The number of methoxy groups -OCH3 is 1. The van der Waals surface area contributed by atoms with Crippen LogP contribution in [0.1, 0.15) is 5.56 Å². The Morgan fingerprint density at radius 1 is 1.55 bits per heavy atom. The minimum atomic E-state index is -0.0595. The zero-order valence-corrected chi connectivity index (χ0v) is 6.89. The molecule has 0 saturated carbocycles. The average molecular weight is 172 g/mol. The van der Waals surface area contributed by atoms with Gasteiger partial charge in [-0.15, -0.1) is 11.6 Å². The van der Waals surface area contributed by atoms with Crippen molar-refractivity contribution < 1.29 is 9.84 Å². The summed E-state index contributed by atoms with van der Waals surface area (Å²) >= 11 is 5.58. The molecule has 0 aliphatic carbocycles. The molecule has 1 radical (unpaired) electrons. The first-order valence-corrected chi connectivity index (χ1v) is 3.71. The third kappa shape index (κ3) is 1.77. The summed E-state index contributed by atoms with van der Waals surface area (Å²) in [6, 6.07) is 4.58. The third-order valence-corrected chi connectivity index (χ3v) is 1.69. The van der Waals surface area contributed by atoms with E-state index in [1.54, 1.807) is 6.07 Å². The minimum Gasteiger partial charge on any atom is -0.496 e. The predicted octanol–water partition coefficient (Wildman–Crippen LogP) is 2.58. The smallest absolute Gasteiger partial charge is 0.182 e. The molecule has 0 atom stereocenters. The maximum atomic E-state index is 10.8. The van der Waals surface area contributed by atoms with Crippen LogP contribution < -0.4 is 4.74 Å². The number of ether oxygens (including phenoxy) is 1. The topological polar surface area (TPSA) is 29.1 Å². The van der Waals surface area contributed by atoms with E-state index >= 15 is 0 Å². The van der Waals surface area contributed by atoms with Crippen molar-refractivity contribution in [3.63, 3.8) is 0 Å². The van der Waals surface area contributed by atoms with Gasteiger partial charge in [-0.3, -0.25) is 5.11 Å². The first-order chi connectivity index (χ1) is 5.27. The molecule has 11 heavy (non-hydrogen) atoms. The van der Waals surface area contributed by atoms with Gasteiger partial charge >= 0.3 is 0 Å². The van der Waals surface area contributed by atoms with E-state index in [0.29, 0.717) is 11.6 Å². The van der Waals surface area contributed by atoms with Crippen LogP contribution in [-0.4, -0.2) is 7.11 Å². The second kappa shape index (κ2) is 3.49. The van der Waals surface area contributed by atoms with E-state index < -0.39 is 0 Å². The molecule has 0 aliphatic heterocycles. The number of benzene rings is 1. The molecule has 0 unspecified atom stereocenters. The summed E-state index contributed by atoms with van der Waals surface area (Å²) in [4.78, 5) is 0. The fourth-order valence-electron chi connectivity index (χ4n) is 0.835. The van der Waals surface area contributed by atoms with Crippen molar-refractivity contribution in [3.05, 3.63) is 23.8 Å². The molecule has 1 aromatic rings. The summed E-state index contributed by atoms with van der Waals surface area (Å²) in [7, 11) is 1.52. The number of hydrogen-bond acceptors (Lipinski definition) is 1. The number of halogens is 1. The molecular formula is C8H8ClO2. The lowest BCUT2D eigenvalue weighted by Crippen LogP contribution is -1.87. The second-order valence-electron chi connectivity index (χ2n) is 2.11. The molecule has 1 aromatic carbocycles.